The molecule has 2 aliphatic heterocycles. The molecule has 162 valence electrons. The fourth-order valence-electron chi connectivity index (χ4n) is 4.51. The highest BCUT2D eigenvalue weighted by molar-refractivity contribution is 5.70. The van der Waals surface area contributed by atoms with Crippen LogP contribution in [0, 0.1) is 0 Å². The molecule has 28 heavy (non-hydrogen) atoms. The van der Waals surface area contributed by atoms with E-state index in [4.69, 9.17) is 9.47 Å². The molecule has 2 aliphatic rings. The molecule has 0 amide bonds. The van der Waals surface area contributed by atoms with E-state index < -0.39 is 0 Å². The van der Waals surface area contributed by atoms with Gasteiger partial charge in [-0.15, -0.1) is 0 Å². The number of esters is 2. The number of hydrogen-bond donors (Lipinski definition) is 2. The van der Waals surface area contributed by atoms with Crippen LogP contribution in [0.2, 0.25) is 0 Å². The number of ether oxygens (including phenoxy) is 2. The Labute approximate surface area is 170 Å². The van der Waals surface area contributed by atoms with E-state index in [1.807, 2.05) is 13.8 Å². The number of carbonyl (C=O) groups is 2. The molecule has 0 aliphatic carbocycles. The van der Waals surface area contributed by atoms with Crippen LogP contribution >= 0.6 is 0 Å². The van der Waals surface area contributed by atoms with Crippen LogP contribution in [0.3, 0.4) is 0 Å². The molecule has 0 aromatic heterocycles. The van der Waals surface area contributed by atoms with Gasteiger partial charge in [0.2, 0.25) is 0 Å². The topological polar surface area (TPSA) is 61.5 Å². The zero-order valence-electron chi connectivity index (χ0n) is 18.1. The van der Waals surface area contributed by atoms with E-state index in [0.717, 1.165) is 13.1 Å². The first-order valence-electron chi connectivity index (χ1n) is 11.6. The molecule has 2 rings (SSSR count). The molecule has 0 radical (unpaired) electrons. The van der Waals surface area contributed by atoms with Gasteiger partial charge in [-0.25, -0.2) is 0 Å². The van der Waals surface area contributed by atoms with Crippen LogP contribution in [-0.2, 0) is 19.1 Å². The number of carbonyl (C=O) groups excluding carboxylic acids is 2. The van der Waals surface area contributed by atoms with Crippen molar-refractivity contribution in [1.29, 1.82) is 0 Å². The largest absolute Gasteiger partial charge is 0.457 e. The summed E-state index contributed by atoms with van der Waals surface area (Å²) in [5, 5.41) is 0. The van der Waals surface area contributed by atoms with Crippen molar-refractivity contribution in [3.8, 4) is 0 Å². The lowest BCUT2D eigenvalue weighted by Gasteiger charge is -2.26. The van der Waals surface area contributed by atoms with Gasteiger partial charge in [0.25, 0.3) is 0 Å². The second kappa shape index (κ2) is 13.2. The van der Waals surface area contributed by atoms with Crippen LogP contribution in [0.1, 0.15) is 78.1 Å². The van der Waals surface area contributed by atoms with E-state index in [2.05, 4.69) is 0 Å². The number of likely N-dealkylation sites (tertiary alicyclic amines) is 2. The second-order valence-corrected chi connectivity index (χ2v) is 8.84. The van der Waals surface area contributed by atoms with Gasteiger partial charge in [0.15, 0.2) is 0 Å². The van der Waals surface area contributed by atoms with Gasteiger partial charge in [0.05, 0.1) is 26.2 Å². The third kappa shape index (κ3) is 9.87. The molecule has 0 spiro atoms. The lowest BCUT2D eigenvalue weighted by Crippen LogP contribution is -3.13. The fraction of sp³-hybridized carbons (Fsp3) is 0.909. The van der Waals surface area contributed by atoms with E-state index >= 15 is 0 Å². The molecular formula is C22H42N2O4+2. The van der Waals surface area contributed by atoms with Crippen LogP contribution in [0.5, 0.6) is 0 Å². The molecular weight excluding hydrogens is 356 g/mol. The Morgan fingerprint density at radius 3 is 1.39 bits per heavy atom. The predicted molar refractivity (Wildman–Crippen MR) is 108 cm³/mol. The second-order valence-electron chi connectivity index (χ2n) is 8.84. The van der Waals surface area contributed by atoms with Gasteiger partial charge in [-0.1, -0.05) is 0 Å². The Morgan fingerprint density at radius 2 is 1.04 bits per heavy atom. The van der Waals surface area contributed by atoms with Crippen molar-refractivity contribution in [2.24, 2.45) is 0 Å². The lowest BCUT2D eigenvalue weighted by molar-refractivity contribution is -0.907. The van der Waals surface area contributed by atoms with E-state index in [1.54, 1.807) is 9.80 Å². The van der Waals surface area contributed by atoms with E-state index in [-0.39, 0.29) is 24.1 Å². The summed E-state index contributed by atoms with van der Waals surface area (Å²) in [5.74, 6) is -0.279. The predicted octanol–water partition coefficient (Wildman–Crippen LogP) is 0.548. The van der Waals surface area contributed by atoms with Crippen molar-refractivity contribution in [2.75, 3.05) is 39.3 Å². The van der Waals surface area contributed by atoms with Crippen molar-refractivity contribution < 1.29 is 28.9 Å². The van der Waals surface area contributed by atoms with Gasteiger partial charge in [-0.2, -0.15) is 0 Å². The number of piperidine rings is 2. The van der Waals surface area contributed by atoms with Crippen LogP contribution in [0.4, 0.5) is 0 Å². The fourth-order valence-corrected chi connectivity index (χ4v) is 4.51. The Bertz CT molecular complexity index is 417. The molecule has 0 saturated carbocycles. The molecule has 2 heterocycles. The van der Waals surface area contributed by atoms with E-state index in [0.29, 0.717) is 25.7 Å². The van der Waals surface area contributed by atoms with Crippen LogP contribution < -0.4 is 9.80 Å². The minimum atomic E-state index is -0.139. The molecule has 0 bridgehead atoms. The minimum absolute atomic E-state index is 0.0243. The average molecular weight is 399 g/mol. The lowest BCUT2D eigenvalue weighted by atomic mass is 10.1. The Morgan fingerprint density at radius 1 is 0.679 bits per heavy atom. The Kier molecular flexibility index (Phi) is 10.9. The first-order chi connectivity index (χ1) is 13.5. The van der Waals surface area contributed by atoms with Crippen molar-refractivity contribution >= 4 is 11.9 Å². The summed E-state index contributed by atoms with van der Waals surface area (Å²) in [4.78, 5) is 27.1. The molecule has 0 aromatic rings. The number of quaternary nitrogens is 2. The normalized spacial score (nSPS) is 21.1. The smallest absolute Gasteiger partial charge is 0.306 e. The Hall–Kier alpha value is -1.14. The van der Waals surface area contributed by atoms with Gasteiger partial charge in [-0.05, 0) is 65.2 Å². The maximum atomic E-state index is 12.0. The summed E-state index contributed by atoms with van der Waals surface area (Å²) in [6.45, 7) is 10.6. The van der Waals surface area contributed by atoms with Gasteiger partial charge in [0.1, 0.15) is 25.3 Å². The molecule has 0 unspecified atom stereocenters. The third-order valence-electron chi connectivity index (χ3n) is 5.95. The van der Waals surface area contributed by atoms with E-state index in [9.17, 15) is 9.59 Å². The molecule has 2 N–H and O–H groups in total. The quantitative estimate of drug-likeness (QED) is 0.394. The standard InChI is InChI=1S/C22H40N2O4/c1-19(17-23-13-7-3-8-14-23)27-21(25)11-5-6-12-22(26)28-20(2)18-24-15-9-4-10-16-24/h19-20H,3-18H2,1-2H3/p+2/t19-,20-/m0/s1. The van der Waals surface area contributed by atoms with Gasteiger partial charge >= 0.3 is 11.9 Å². The molecule has 6 heteroatoms. The summed E-state index contributed by atoms with van der Waals surface area (Å²) >= 11 is 0. The third-order valence-corrected chi connectivity index (χ3v) is 5.95. The number of rotatable bonds is 11. The molecule has 0 aromatic carbocycles. The summed E-state index contributed by atoms with van der Waals surface area (Å²) in [7, 11) is 0. The van der Waals surface area contributed by atoms with Gasteiger partial charge < -0.3 is 19.3 Å². The highest BCUT2D eigenvalue weighted by Gasteiger charge is 2.20. The zero-order valence-corrected chi connectivity index (χ0v) is 18.1. The highest BCUT2D eigenvalue weighted by atomic mass is 16.5. The zero-order chi connectivity index (χ0) is 20.2. The summed E-state index contributed by atoms with van der Waals surface area (Å²) in [5.41, 5.74) is 0. The number of nitrogens with one attached hydrogen (secondary N) is 2. The van der Waals surface area contributed by atoms with Crippen molar-refractivity contribution in [3.05, 3.63) is 0 Å². The van der Waals surface area contributed by atoms with Crippen molar-refractivity contribution in [1.82, 2.24) is 0 Å². The minimum Gasteiger partial charge on any atom is -0.457 e. The molecule has 6 nitrogen and oxygen atoms in total. The first-order valence-corrected chi connectivity index (χ1v) is 11.6. The summed E-state index contributed by atoms with van der Waals surface area (Å²) < 4.78 is 11.1. The summed E-state index contributed by atoms with van der Waals surface area (Å²) in [6, 6.07) is 0. The average Bonchev–Trinajstić information content (AvgIpc) is 2.66. The monoisotopic (exact) mass is 398 g/mol. The SMILES string of the molecule is C[C@@H](C[NH+]1CCCCC1)OC(=O)CCCCC(=O)O[C@@H](C)C[NH+]1CCCCC1. The van der Waals surface area contributed by atoms with Crippen LogP contribution in [-0.4, -0.2) is 63.4 Å². The van der Waals surface area contributed by atoms with Gasteiger partial charge in [-0.3, -0.25) is 9.59 Å². The van der Waals surface area contributed by atoms with Crippen molar-refractivity contribution in [2.45, 2.75) is 90.3 Å². The maximum absolute atomic E-state index is 12.0. The van der Waals surface area contributed by atoms with Crippen LogP contribution in [0.15, 0.2) is 0 Å². The summed E-state index contributed by atoms with van der Waals surface area (Å²) in [6.07, 6.45) is 9.89. The first kappa shape index (κ1) is 23.1. The van der Waals surface area contributed by atoms with Crippen molar-refractivity contribution in [3.63, 3.8) is 0 Å². The molecule has 2 atom stereocenters. The molecule has 2 fully saturated rings. The Balaban J connectivity index is 1.48. The molecule has 2 saturated heterocycles. The number of hydrogen-bond acceptors (Lipinski definition) is 4. The van der Waals surface area contributed by atoms with E-state index in [1.165, 1.54) is 64.7 Å². The van der Waals surface area contributed by atoms with Gasteiger partial charge in [0, 0.05) is 12.8 Å². The highest BCUT2D eigenvalue weighted by Crippen LogP contribution is 2.06. The number of unbranched alkanes of at least 4 members (excludes halogenated alkanes) is 1. The maximum Gasteiger partial charge on any atom is 0.306 e. The van der Waals surface area contributed by atoms with Crippen LogP contribution in [0.25, 0.3) is 0 Å².